The van der Waals surface area contributed by atoms with Crippen LogP contribution in [-0.2, 0) is 17.8 Å². The zero-order chi connectivity index (χ0) is 15.1. The summed E-state index contributed by atoms with van der Waals surface area (Å²) in [4.78, 5) is 24.0. The van der Waals surface area contributed by atoms with E-state index in [9.17, 15) is 9.59 Å². The van der Waals surface area contributed by atoms with Crippen molar-refractivity contribution in [3.8, 4) is 0 Å². The zero-order valence-corrected chi connectivity index (χ0v) is 12.6. The molecule has 0 heterocycles. The molecular formula is C15H24N3O2+. The van der Waals surface area contributed by atoms with Gasteiger partial charge in [-0.3, -0.25) is 10.1 Å². The molecule has 0 saturated heterocycles. The molecule has 0 saturated carbocycles. The molecule has 0 bridgehead atoms. The normalized spacial score (nSPS) is 13.4. The van der Waals surface area contributed by atoms with E-state index in [4.69, 9.17) is 0 Å². The van der Waals surface area contributed by atoms with E-state index in [-0.39, 0.29) is 11.9 Å². The molecule has 1 unspecified atom stereocenters. The molecule has 0 aliphatic rings. The molecule has 3 amide bonds. The average molecular weight is 278 g/mol. The minimum atomic E-state index is -0.470. The highest BCUT2D eigenvalue weighted by Crippen LogP contribution is 2.03. The number of hydrogen-bond donors (Lipinski definition) is 3. The smallest absolute Gasteiger partial charge is 0.321 e. The van der Waals surface area contributed by atoms with Gasteiger partial charge in [0.1, 0.15) is 6.54 Å². The standard InChI is InChI=1S/C15H23N3O2/c1-5-12-6-8-13(9-7-12)10-18(4)11(2)14(19)17-15(20)16-3/h6-9,11H,5,10H2,1-4H3,(H2,16,17,19,20)/p+1/t11-/m0/s1. The third kappa shape index (κ3) is 4.66. The number of amides is 3. The summed E-state index contributed by atoms with van der Waals surface area (Å²) in [5.74, 6) is -0.271. The van der Waals surface area contributed by atoms with Gasteiger partial charge in [-0.15, -0.1) is 0 Å². The van der Waals surface area contributed by atoms with E-state index in [0.29, 0.717) is 0 Å². The second-order valence-electron chi connectivity index (χ2n) is 4.98. The molecule has 2 atom stereocenters. The van der Waals surface area contributed by atoms with E-state index in [0.717, 1.165) is 17.9 Å². The molecule has 1 aromatic carbocycles. The SMILES string of the molecule is CCc1ccc(C[NH+](C)[C@@H](C)C(=O)NC(=O)NC)cc1. The Labute approximate surface area is 120 Å². The van der Waals surface area contributed by atoms with Crippen molar-refractivity contribution in [2.24, 2.45) is 0 Å². The number of carbonyl (C=O) groups excluding carboxylic acids is 2. The highest BCUT2D eigenvalue weighted by molar-refractivity contribution is 5.96. The fourth-order valence-electron chi connectivity index (χ4n) is 1.87. The summed E-state index contributed by atoms with van der Waals surface area (Å²) in [5.41, 5.74) is 2.48. The van der Waals surface area contributed by atoms with Gasteiger partial charge in [-0.05, 0) is 18.9 Å². The zero-order valence-electron chi connectivity index (χ0n) is 12.6. The van der Waals surface area contributed by atoms with E-state index in [1.165, 1.54) is 18.2 Å². The van der Waals surface area contributed by atoms with Crippen LogP contribution >= 0.6 is 0 Å². The number of aryl methyl sites for hydroxylation is 1. The lowest BCUT2D eigenvalue weighted by molar-refractivity contribution is -0.908. The van der Waals surface area contributed by atoms with Gasteiger partial charge >= 0.3 is 6.03 Å². The van der Waals surface area contributed by atoms with Crippen LogP contribution in [0, 0.1) is 0 Å². The van der Waals surface area contributed by atoms with Crippen LogP contribution in [0.4, 0.5) is 4.79 Å². The molecule has 20 heavy (non-hydrogen) atoms. The summed E-state index contributed by atoms with van der Waals surface area (Å²) in [7, 11) is 3.43. The number of hydrogen-bond acceptors (Lipinski definition) is 2. The van der Waals surface area contributed by atoms with Gasteiger partial charge in [-0.1, -0.05) is 31.2 Å². The molecule has 0 spiro atoms. The van der Waals surface area contributed by atoms with Crippen LogP contribution < -0.4 is 15.5 Å². The van der Waals surface area contributed by atoms with Crippen molar-refractivity contribution in [1.82, 2.24) is 10.6 Å². The lowest BCUT2D eigenvalue weighted by Gasteiger charge is -2.20. The quantitative estimate of drug-likeness (QED) is 0.716. The Bertz CT molecular complexity index is 457. The lowest BCUT2D eigenvalue weighted by atomic mass is 10.1. The summed E-state index contributed by atoms with van der Waals surface area (Å²) in [6, 6.07) is 7.63. The first kappa shape index (κ1) is 16.2. The number of likely N-dealkylation sites (N-methyl/N-ethyl adjacent to an activating group) is 1. The van der Waals surface area contributed by atoms with Crippen molar-refractivity contribution in [1.29, 1.82) is 0 Å². The van der Waals surface area contributed by atoms with Gasteiger partial charge in [-0.2, -0.15) is 0 Å². The van der Waals surface area contributed by atoms with Crippen LogP contribution in [-0.4, -0.2) is 32.1 Å². The van der Waals surface area contributed by atoms with Gasteiger partial charge in [0.15, 0.2) is 6.04 Å². The largest absolute Gasteiger partial charge is 0.341 e. The second-order valence-corrected chi connectivity index (χ2v) is 4.98. The summed E-state index contributed by atoms with van der Waals surface area (Å²) < 4.78 is 0. The van der Waals surface area contributed by atoms with Crippen molar-refractivity contribution in [2.45, 2.75) is 32.9 Å². The van der Waals surface area contributed by atoms with Crippen molar-refractivity contribution in [3.63, 3.8) is 0 Å². The predicted molar refractivity (Wildman–Crippen MR) is 78.5 cm³/mol. The molecular weight excluding hydrogens is 254 g/mol. The highest BCUT2D eigenvalue weighted by Gasteiger charge is 2.23. The van der Waals surface area contributed by atoms with Gasteiger partial charge in [0.05, 0.1) is 7.05 Å². The maximum atomic E-state index is 11.9. The number of imide groups is 1. The highest BCUT2D eigenvalue weighted by atomic mass is 16.2. The van der Waals surface area contributed by atoms with Crippen molar-refractivity contribution in [2.75, 3.05) is 14.1 Å². The maximum Gasteiger partial charge on any atom is 0.321 e. The Hall–Kier alpha value is -1.88. The monoisotopic (exact) mass is 278 g/mol. The van der Waals surface area contributed by atoms with Gasteiger partial charge in [-0.25, -0.2) is 4.79 Å². The first-order valence-corrected chi connectivity index (χ1v) is 6.90. The Morgan fingerprint density at radius 2 is 1.75 bits per heavy atom. The van der Waals surface area contributed by atoms with Crippen LogP contribution in [0.2, 0.25) is 0 Å². The Kier molecular flexibility index (Phi) is 6.18. The van der Waals surface area contributed by atoms with Crippen molar-refractivity contribution < 1.29 is 14.5 Å². The summed E-state index contributed by atoms with van der Waals surface area (Å²) >= 11 is 0. The topological polar surface area (TPSA) is 62.6 Å². The fourth-order valence-corrected chi connectivity index (χ4v) is 1.87. The van der Waals surface area contributed by atoms with Crippen LogP contribution in [0.5, 0.6) is 0 Å². The first-order chi connectivity index (χ1) is 9.47. The van der Waals surface area contributed by atoms with Crippen LogP contribution in [0.1, 0.15) is 25.0 Å². The molecule has 0 fully saturated rings. The first-order valence-electron chi connectivity index (χ1n) is 6.90. The molecule has 5 nitrogen and oxygen atoms in total. The minimum Gasteiger partial charge on any atom is -0.341 e. The molecule has 110 valence electrons. The molecule has 3 N–H and O–H groups in total. The van der Waals surface area contributed by atoms with Crippen LogP contribution in [0.3, 0.4) is 0 Å². The summed E-state index contributed by atoms with van der Waals surface area (Å²) in [5, 5.41) is 4.68. The van der Waals surface area contributed by atoms with Gasteiger partial charge < -0.3 is 10.2 Å². The summed E-state index contributed by atoms with van der Waals surface area (Å²) in [6.45, 7) is 4.68. The number of urea groups is 1. The molecule has 0 aliphatic heterocycles. The molecule has 0 aromatic heterocycles. The molecule has 1 aromatic rings. The molecule has 0 radical (unpaired) electrons. The number of carbonyl (C=O) groups is 2. The number of quaternary nitrogens is 1. The predicted octanol–water partition coefficient (Wildman–Crippen LogP) is 0.108. The van der Waals surface area contributed by atoms with E-state index < -0.39 is 6.03 Å². The van der Waals surface area contributed by atoms with Crippen molar-refractivity contribution in [3.05, 3.63) is 35.4 Å². The third-order valence-corrected chi connectivity index (χ3v) is 3.51. The van der Waals surface area contributed by atoms with Gasteiger partial charge in [0.2, 0.25) is 0 Å². The number of rotatable bonds is 5. The van der Waals surface area contributed by atoms with E-state index in [2.05, 4.69) is 41.8 Å². The second kappa shape index (κ2) is 7.65. The van der Waals surface area contributed by atoms with Gasteiger partial charge in [0, 0.05) is 12.6 Å². The Morgan fingerprint density at radius 3 is 2.25 bits per heavy atom. The van der Waals surface area contributed by atoms with Crippen LogP contribution in [0.15, 0.2) is 24.3 Å². The van der Waals surface area contributed by atoms with E-state index in [1.807, 2.05) is 14.0 Å². The van der Waals surface area contributed by atoms with E-state index >= 15 is 0 Å². The lowest BCUT2D eigenvalue weighted by Crippen LogP contribution is -3.12. The molecule has 1 rings (SSSR count). The molecule has 0 aliphatic carbocycles. The Balaban J connectivity index is 2.57. The number of nitrogens with one attached hydrogen (secondary N) is 3. The third-order valence-electron chi connectivity index (χ3n) is 3.51. The Morgan fingerprint density at radius 1 is 1.20 bits per heavy atom. The summed E-state index contributed by atoms with van der Waals surface area (Å²) in [6.07, 6.45) is 1.02. The minimum absolute atomic E-state index is 0.271. The van der Waals surface area contributed by atoms with E-state index in [1.54, 1.807) is 0 Å². The molecule has 5 heteroatoms. The van der Waals surface area contributed by atoms with Crippen molar-refractivity contribution >= 4 is 11.9 Å². The number of benzene rings is 1. The fraction of sp³-hybridized carbons (Fsp3) is 0.467. The maximum absolute atomic E-state index is 11.9. The average Bonchev–Trinajstić information content (AvgIpc) is 2.46. The van der Waals surface area contributed by atoms with Gasteiger partial charge in [0.25, 0.3) is 5.91 Å². The van der Waals surface area contributed by atoms with Crippen LogP contribution in [0.25, 0.3) is 0 Å².